The molecular formula is C34H34N2O4. The van der Waals surface area contributed by atoms with Crippen molar-refractivity contribution in [2.45, 2.75) is 37.5 Å². The van der Waals surface area contributed by atoms with E-state index in [0.29, 0.717) is 46.7 Å². The summed E-state index contributed by atoms with van der Waals surface area (Å²) in [5, 5.41) is 21.5. The lowest BCUT2D eigenvalue weighted by atomic mass is 9.42. The number of benzene rings is 4. The minimum Gasteiger partial charge on any atom is -0.506 e. The molecule has 0 amide bonds. The summed E-state index contributed by atoms with van der Waals surface area (Å²) in [6, 6.07) is 26.4. The van der Waals surface area contributed by atoms with Crippen molar-refractivity contribution < 1.29 is 19.7 Å². The molecule has 4 aliphatic carbocycles. The van der Waals surface area contributed by atoms with Crippen molar-refractivity contribution in [1.82, 2.24) is 0 Å². The van der Waals surface area contributed by atoms with Gasteiger partial charge in [-0.3, -0.25) is 0 Å². The Morgan fingerprint density at radius 2 is 0.950 bits per heavy atom. The van der Waals surface area contributed by atoms with Gasteiger partial charge in [-0.25, -0.2) is 0 Å². The fraction of sp³-hybridized carbons (Fsp3) is 0.294. The third kappa shape index (κ3) is 3.77. The zero-order valence-corrected chi connectivity index (χ0v) is 22.3. The Morgan fingerprint density at radius 3 is 1.35 bits per heavy atom. The smallest absolute Gasteiger partial charge is 0.158 e. The maximum atomic E-state index is 10.8. The summed E-state index contributed by atoms with van der Waals surface area (Å²) >= 11 is 0. The molecule has 40 heavy (non-hydrogen) atoms. The predicted octanol–water partition coefficient (Wildman–Crippen LogP) is 7.59. The number of rotatable bonds is 6. The summed E-state index contributed by atoms with van der Waals surface area (Å²) in [5.41, 5.74) is 15.0. The van der Waals surface area contributed by atoms with E-state index in [9.17, 15) is 10.2 Å². The van der Waals surface area contributed by atoms with Crippen molar-refractivity contribution in [3.63, 3.8) is 0 Å². The average molecular weight is 535 g/mol. The molecule has 204 valence electrons. The van der Waals surface area contributed by atoms with Crippen LogP contribution in [0.1, 0.15) is 43.2 Å². The van der Waals surface area contributed by atoms with Gasteiger partial charge in [0.15, 0.2) is 11.5 Å². The van der Waals surface area contributed by atoms with Gasteiger partial charge in [0.25, 0.3) is 0 Å². The van der Waals surface area contributed by atoms with Gasteiger partial charge in [-0.05, 0) is 92.2 Å². The molecule has 6 N–H and O–H groups in total. The number of para-hydroxylation sites is 2. The molecule has 4 aromatic rings. The van der Waals surface area contributed by atoms with Crippen LogP contribution >= 0.6 is 0 Å². The molecule has 4 aliphatic rings. The van der Waals surface area contributed by atoms with Crippen LogP contribution in [-0.4, -0.2) is 10.2 Å². The van der Waals surface area contributed by atoms with E-state index < -0.39 is 5.41 Å². The number of aromatic hydroxyl groups is 2. The number of ether oxygens (including phenoxy) is 2. The van der Waals surface area contributed by atoms with Crippen LogP contribution in [0.3, 0.4) is 0 Å². The topological polar surface area (TPSA) is 111 Å². The second-order valence-electron chi connectivity index (χ2n) is 11.8. The molecule has 0 atom stereocenters. The van der Waals surface area contributed by atoms with E-state index in [4.69, 9.17) is 20.9 Å². The molecule has 0 unspecified atom stereocenters. The second-order valence-corrected chi connectivity index (χ2v) is 11.8. The zero-order chi connectivity index (χ0) is 27.4. The molecule has 6 heteroatoms. The van der Waals surface area contributed by atoms with Gasteiger partial charge in [0.1, 0.15) is 34.4 Å². The summed E-state index contributed by atoms with van der Waals surface area (Å²) in [5.74, 6) is 4.18. The average Bonchev–Trinajstić information content (AvgIpc) is 2.96. The molecule has 6 nitrogen and oxygen atoms in total. The van der Waals surface area contributed by atoms with Crippen molar-refractivity contribution >= 4 is 11.4 Å². The lowest BCUT2D eigenvalue weighted by molar-refractivity contribution is -0.0431. The molecular weight excluding hydrogens is 500 g/mol. The van der Waals surface area contributed by atoms with Gasteiger partial charge in [-0.2, -0.15) is 0 Å². The molecule has 8 rings (SSSR count). The van der Waals surface area contributed by atoms with E-state index >= 15 is 0 Å². The van der Waals surface area contributed by atoms with Crippen LogP contribution in [0.4, 0.5) is 11.4 Å². The van der Waals surface area contributed by atoms with Gasteiger partial charge < -0.3 is 31.2 Å². The van der Waals surface area contributed by atoms with E-state index in [1.54, 1.807) is 12.1 Å². The van der Waals surface area contributed by atoms with E-state index in [1.807, 2.05) is 72.8 Å². The van der Waals surface area contributed by atoms with E-state index in [2.05, 4.69) is 0 Å². The summed E-state index contributed by atoms with van der Waals surface area (Å²) in [7, 11) is 0. The summed E-state index contributed by atoms with van der Waals surface area (Å²) in [6.45, 7) is 0. The first-order chi connectivity index (χ1) is 19.4. The fourth-order valence-electron chi connectivity index (χ4n) is 8.21. The fourth-order valence-corrected chi connectivity index (χ4v) is 8.21. The minimum atomic E-state index is -0.536. The molecule has 4 aromatic carbocycles. The summed E-state index contributed by atoms with van der Waals surface area (Å²) < 4.78 is 13.1. The Hall–Kier alpha value is -4.32. The first kappa shape index (κ1) is 24.7. The summed E-state index contributed by atoms with van der Waals surface area (Å²) in [6.07, 6.45) is 5.64. The number of phenols is 2. The standard InChI is InChI=1S/C34H34N2O4/c35-30-28(37)13-11-26(32(30)39-24-7-3-1-4-8-24)34(22-16-20-15-21(18-22)19-23(34)17-20)27-12-14-29(38)31(36)33(27)40-25-9-5-2-6-10-25/h1-14,20-23,37-38H,15-19,35-36H2. The van der Waals surface area contributed by atoms with Crippen LogP contribution < -0.4 is 20.9 Å². The Balaban J connectivity index is 1.50. The number of anilines is 2. The zero-order valence-electron chi connectivity index (χ0n) is 22.3. The number of nitrogen functional groups attached to an aromatic ring is 2. The van der Waals surface area contributed by atoms with Gasteiger partial charge in [-0.15, -0.1) is 0 Å². The highest BCUT2D eigenvalue weighted by molar-refractivity contribution is 5.74. The molecule has 0 heterocycles. The number of nitrogens with two attached hydrogens (primary N) is 2. The molecule has 4 bridgehead atoms. The lowest BCUT2D eigenvalue weighted by Gasteiger charge is -2.62. The molecule has 0 aliphatic heterocycles. The molecule has 0 aromatic heterocycles. The van der Waals surface area contributed by atoms with Crippen LogP contribution in [0.25, 0.3) is 0 Å². The second kappa shape index (κ2) is 9.40. The van der Waals surface area contributed by atoms with Crippen LogP contribution in [0, 0.1) is 23.7 Å². The quantitative estimate of drug-likeness (QED) is 0.150. The Morgan fingerprint density at radius 1 is 0.550 bits per heavy atom. The highest BCUT2D eigenvalue weighted by Crippen LogP contribution is 2.68. The maximum absolute atomic E-state index is 10.8. The first-order valence-corrected chi connectivity index (χ1v) is 14.1. The minimum absolute atomic E-state index is 0.0142. The van der Waals surface area contributed by atoms with Crippen LogP contribution in [-0.2, 0) is 5.41 Å². The number of phenolic OH excluding ortho intramolecular Hbond substituents is 2. The molecule has 4 fully saturated rings. The third-order valence-electron chi connectivity index (χ3n) is 9.59. The van der Waals surface area contributed by atoms with Crippen molar-refractivity contribution in [3.05, 3.63) is 96.1 Å². The Kier molecular flexibility index (Phi) is 5.81. The molecule has 0 spiro atoms. The van der Waals surface area contributed by atoms with Crippen LogP contribution in [0.5, 0.6) is 34.5 Å². The molecule has 4 saturated carbocycles. The highest BCUT2D eigenvalue weighted by atomic mass is 16.5. The Labute approximate surface area is 234 Å². The van der Waals surface area contributed by atoms with E-state index in [-0.39, 0.29) is 22.9 Å². The van der Waals surface area contributed by atoms with Crippen molar-refractivity contribution in [2.75, 3.05) is 11.5 Å². The van der Waals surface area contributed by atoms with Gasteiger partial charge >= 0.3 is 0 Å². The van der Waals surface area contributed by atoms with Crippen LogP contribution in [0.15, 0.2) is 84.9 Å². The van der Waals surface area contributed by atoms with Crippen molar-refractivity contribution in [3.8, 4) is 34.5 Å². The van der Waals surface area contributed by atoms with Gasteiger partial charge in [0.05, 0.1) is 0 Å². The van der Waals surface area contributed by atoms with Crippen molar-refractivity contribution in [2.24, 2.45) is 23.7 Å². The SMILES string of the molecule is Nc1c(O)ccc(C2(c3ccc(O)c(N)c3Oc3ccccc3)C3CC4CC(C3)CC2C4)c1Oc1ccccc1. The Bertz CT molecular complexity index is 1430. The number of hydrogen-bond acceptors (Lipinski definition) is 6. The third-order valence-corrected chi connectivity index (χ3v) is 9.59. The van der Waals surface area contributed by atoms with E-state index in [0.717, 1.165) is 36.8 Å². The maximum Gasteiger partial charge on any atom is 0.158 e. The van der Waals surface area contributed by atoms with Gasteiger partial charge in [0.2, 0.25) is 0 Å². The number of hydrogen-bond donors (Lipinski definition) is 4. The van der Waals surface area contributed by atoms with Gasteiger partial charge in [0, 0.05) is 16.5 Å². The highest BCUT2D eigenvalue weighted by Gasteiger charge is 2.60. The normalized spacial score (nSPS) is 24.1. The lowest BCUT2D eigenvalue weighted by Crippen LogP contribution is -2.56. The van der Waals surface area contributed by atoms with Gasteiger partial charge in [-0.1, -0.05) is 48.5 Å². The van der Waals surface area contributed by atoms with Crippen LogP contribution in [0.2, 0.25) is 0 Å². The monoisotopic (exact) mass is 534 g/mol. The predicted molar refractivity (Wildman–Crippen MR) is 156 cm³/mol. The summed E-state index contributed by atoms with van der Waals surface area (Å²) in [4.78, 5) is 0. The van der Waals surface area contributed by atoms with E-state index in [1.165, 1.54) is 6.42 Å². The van der Waals surface area contributed by atoms with Crippen molar-refractivity contribution in [1.29, 1.82) is 0 Å². The first-order valence-electron chi connectivity index (χ1n) is 14.1. The molecule has 0 saturated heterocycles. The molecule has 0 radical (unpaired) electrons. The largest absolute Gasteiger partial charge is 0.506 e.